The monoisotopic (exact) mass is 267 g/mol. The normalized spacial score (nSPS) is 6.29. The van der Waals surface area contributed by atoms with Crippen LogP contribution in [-0.4, -0.2) is 73.9 Å². The van der Waals surface area contributed by atoms with Gasteiger partial charge >= 0.3 is 23.9 Å². The van der Waals surface area contributed by atoms with E-state index in [4.69, 9.17) is 39.6 Å². The Labute approximate surface area is 112 Å². The van der Waals surface area contributed by atoms with Crippen molar-refractivity contribution in [2.24, 2.45) is 0 Å². The Morgan fingerprint density at radius 3 is 0.643 bits per heavy atom. The largest absolute Gasteiger partial charge is 0.473 e. The Morgan fingerprint density at radius 2 is 0.643 bits per heavy atom. The smallest absolute Gasteiger partial charge is 0.414 e. The van der Waals surface area contributed by atoms with Gasteiger partial charge in [0.2, 0.25) is 0 Å². The van der Waals surface area contributed by atoms with Crippen LogP contribution >= 0.6 is 0 Å². The first-order chi connectivity index (χ1) is 5.29. The molecule has 0 heterocycles. The number of hydrogen-bond donors (Lipinski definition) is 4. The standard InChI is InChI=1S/2C2H2O4.Na.Zn/c2*3-1(4)2(5)6;;/h2*(H,3,4)(H,5,6);;. The minimum atomic E-state index is -1.82. The second-order valence-corrected chi connectivity index (χ2v) is 1.22. The van der Waals surface area contributed by atoms with Gasteiger partial charge in [0.05, 0.1) is 0 Å². The molecular weight excluding hydrogens is 264 g/mol. The summed E-state index contributed by atoms with van der Waals surface area (Å²) in [6.45, 7) is 0. The molecule has 0 fully saturated rings. The fraction of sp³-hybridized carbons (Fsp3) is 0. The van der Waals surface area contributed by atoms with Gasteiger partial charge in [-0.1, -0.05) is 0 Å². The molecule has 71 valence electrons. The van der Waals surface area contributed by atoms with Crippen LogP contribution in [0.1, 0.15) is 0 Å². The third-order valence-corrected chi connectivity index (χ3v) is 0.366. The van der Waals surface area contributed by atoms with Crippen molar-refractivity contribution in [3.05, 3.63) is 0 Å². The minimum absolute atomic E-state index is 0. The van der Waals surface area contributed by atoms with E-state index in [-0.39, 0.29) is 49.0 Å². The van der Waals surface area contributed by atoms with Crippen LogP contribution in [0.15, 0.2) is 0 Å². The van der Waals surface area contributed by atoms with Crippen LogP contribution in [0.25, 0.3) is 0 Å². The Morgan fingerprint density at radius 1 is 0.571 bits per heavy atom. The van der Waals surface area contributed by atoms with E-state index in [9.17, 15) is 0 Å². The molecule has 0 aromatic carbocycles. The van der Waals surface area contributed by atoms with Crippen LogP contribution < -0.4 is 0 Å². The van der Waals surface area contributed by atoms with E-state index >= 15 is 0 Å². The van der Waals surface area contributed by atoms with E-state index < -0.39 is 23.9 Å². The zero-order valence-corrected chi connectivity index (χ0v) is 12.1. The summed E-state index contributed by atoms with van der Waals surface area (Å²) in [6, 6.07) is 0. The second-order valence-electron chi connectivity index (χ2n) is 1.22. The second kappa shape index (κ2) is 12.5. The van der Waals surface area contributed by atoms with Gasteiger partial charge in [-0.05, 0) is 0 Å². The quantitative estimate of drug-likeness (QED) is 0.289. The predicted octanol–water partition coefficient (Wildman–Crippen LogP) is -2.07. The summed E-state index contributed by atoms with van der Waals surface area (Å²) in [7, 11) is 0. The maximum absolute atomic E-state index is 9.10. The maximum Gasteiger partial charge on any atom is 0.414 e. The molecule has 0 unspecified atom stereocenters. The average molecular weight is 268 g/mol. The Kier molecular flexibility index (Phi) is 20.9. The van der Waals surface area contributed by atoms with E-state index in [0.717, 1.165) is 0 Å². The number of carboxylic acids is 4. The van der Waals surface area contributed by atoms with Crippen molar-refractivity contribution in [3.8, 4) is 0 Å². The number of hydrogen-bond acceptors (Lipinski definition) is 4. The van der Waals surface area contributed by atoms with Crippen molar-refractivity contribution in [2.75, 3.05) is 0 Å². The molecule has 10 heteroatoms. The van der Waals surface area contributed by atoms with Crippen molar-refractivity contribution >= 4 is 53.4 Å². The third-order valence-electron chi connectivity index (χ3n) is 0.366. The summed E-state index contributed by atoms with van der Waals surface area (Å²) in [5, 5.41) is 29.6. The number of rotatable bonds is 0. The molecule has 0 amide bonds. The van der Waals surface area contributed by atoms with Crippen molar-refractivity contribution in [2.45, 2.75) is 0 Å². The van der Waals surface area contributed by atoms with Crippen molar-refractivity contribution in [3.63, 3.8) is 0 Å². The molecule has 0 aromatic heterocycles. The Hall–Kier alpha value is -0.497. The Balaban J connectivity index is -0.0000000625. The number of aliphatic carboxylic acids is 4. The third kappa shape index (κ3) is 22.5. The fourth-order valence-corrected chi connectivity index (χ4v) is 0. The Bertz CT molecular complexity index is 177. The van der Waals surface area contributed by atoms with E-state index in [0.29, 0.717) is 0 Å². The van der Waals surface area contributed by atoms with Gasteiger partial charge in [-0.2, -0.15) is 0 Å². The molecule has 0 saturated heterocycles. The molecule has 14 heavy (non-hydrogen) atoms. The van der Waals surface area contributed by atoms with Crippen LogP contribution in [0.2, 0.25) is 0 Å². The van der Waals surface area contributed by atoms with Crippen molar-refractivity contribution in [1.29, 1.82) is 0 Å². The molecule has 8 nitrogen and oxygen atoms in total. The molecule has 0 bridgehead atoms. The molecule has 0 spiro atoms. The van der Waals surface area contributed by atoms with Crippen molar-refractivity contribution in [1.82, 2.24) is 0 Å². The van der Waals surface area contributed by atoms with E-state index in [2.05, 4.69) is 0 Å². The average Bonchev–Trinajstić information content (AvgIpc) is 1.88. The summed E-state index contributed by atoms with van der Waals surface area (Å²) in [6.07, 6.45) is 0. The summed E-state index contributed by atoms with van der Waals surface area (Å²) in [5.41, 5.74) is 0. The van der Waals surface area contributed by atoms with Gasteiger partial charge < -0.3 is 20.4 Å². The number of carboxylic acid groups (broad SMARTS) is 4. The first-order valence-corrected chi connectivity index (χ1v) is 2.21. The fourth-order valence-electron chi connectivity index (χ4n) is 0. The summed E-state index contributed by atoms with van der Waals surface area (Å²) >= 11 is 0. The molecule has 0 aliphatic rings. The van der Waals surface area contributed by atoms with Gasteiger partial charge in [-0.15, -0.1) is 0 Å². The van der Waals surface area contributed by atoms with Gasteiger partial charge in [0.1, 0.15) is 0 Å². The summed E-state index contributed by atoms with van der Waals surface area (Å²) < 4.78 is 0. The molecule has 0 atom stereocenters. The van der Waals surface area contributed by atoms with Crippen LogP contribution in [-0.2, 0) is 38.7 Å². The molecule has 1 radical (unpaired) electrons. The minimum Gasteiger partial charge on any atom is -0.473 e. The summed E-state index contributed by atoms with van der Waals surface area (Å²) in [5.74, 6) is -7.30. The predicted molar refractivity (Wildman–Crippen MR) is 36.3 cm³/mol. The maximum atomic E-state index is 9.10. The van der Waals surface area contributed by atoms with Crippen LogP contribution in [0.4, 0.5) is 0 Å². The van der Waals surface area contributed by atoms with Gasteiger partial charge in [0, 0.05) is 49.0 Å². The number of carbonyl (C=O) groups is 4. The molecule has 0 aromatic rings. The van der Waals surface area contributed by atoms with Crippen LogP contribution in [0.5, 0.6) is 0 Å². The first kappa shape index (κ1) is 23.4. The van der Waals surface area contributed by atoms with Gasteiger partial charge in [0.15, 0.2) is 0 Å². The molecule has 0 saturated carbocycles. The summed E-state index contributed by atoms with van der Waals surface area (Å²) in [4.78, 5) is 36.4. The topological polar surface area (TPSA) is 149 Å². The molecule has 0 aliphatic carbocycles. The van der Waals surface area contributed by atoms with Crippen LogP contribution in [0, 0.1) is 0 Å². The van der Waals surface area contributed by atoms with Crippen LogP contribution in [0.3, 0.4) is 0 Å². The molecule has 4 N–H and O–H groups in total. The van der Waals surface area contributed by atoms with Gasteiger partial charge in [-0.25, -0.2) is 19.2 Å². The molecule has 0 rings (SSSR count). The van der Waals surface area contributed by atoms with E-state index in [1.165, 1.54) is 0 Å². The van der Waals surface area contributed by atoms with Crippen molar-refractivity contribution < 1.29 is 59.1 Å². The SMILES string of the molecule is O=C(O)C(=O)O.O=C(O)C(=O)O.[Na].[Zn]. The molecule has 0 aliphatic heterocycles. The van der Waals surface area contributed by atoms with E-state index in [1.807, 2.05) is 0 Å². The first-order valence-electron chi connectivity index (χ1n) is 2.21. The van der Waals surface area contributed by atoms with Gasteiger partial charge in [0.25, 0.3) is 0 Å². The molecular formula is C4H4NaO8Zn. The van der Waals surface area contributed by atoms with Gasteiger partial charge in [-0.3, -0.25) is 0 Å². The van der Waals surface area contributed by atoms with E-state index in [1.54, 1.807) is 0 Å². The zero-order chi connectivity index (χ0) is 10.3. The zero-order valence-electron chi connectivity index (χ0n) is 7.13.